The topological polar surface area (TPSA) is 55.1 Å². The van der Waals surface area contributed by atoms with Gasteiger partial charge in [0, 0.05) is 17.5 Å². The highest BCUT2D eigenvalue weighted by molar-refractivity contribution is 6.33. The fourth-order valence-electron chi connectivity index (χ4n) is 2.36. The minimum atomic E-state index is -0.100. The fraction of sp³-hybridized carbons (Fsp3) is 0.188. The van der Waals surface area contributed by atoms with Crippen molar-refractivity contribution in [1.82, 2.24) is 5.32 Å². The van der Waals surface area contributed by atoms with Crippen molar-refractivity contribution in [3.63, 3.8) is 0 Å². The van der Waals surface area contributed by atoms with Crippen molar-refractivity contribution in [3.05, 3.63) is 64.7 Å². The van der Waals surface area contributed by atoms with Crippen LogP contribution in [0.4, 0.5) is 5.69 Å². The van der Waals surface area contributed by atoms with Crippen LogP contribution in [0.5, 0.6) is 0 Å². The van der Waals surface area contributed by atoms with Crippen molar-refractivity contribution < 1.29 is 4.79 Å². The second-order valence-electron chi connectivity index (χ2n) is 5.07. The zero-order chi connectivity index (χ0) is 14.1. The Bertz CT molecular complexity index is 642. The SMILES string of the molecule is Nc1cc(C(=O)NC2CC2c2ccccc2)ccc1Cl. The van der Waals surface area contributed by atoms with E-state index in [1.54, 1.807) is 18.2 Å². The highest BCUT2D eigenvalue weighted by Gasteiger charge is 2.39. The maximum absolute atomic E-state index is 12.1. The van der Waals surface area contributed by atoms with Gasteiger partial charge in [-0.1, -0.05) is 41.9 Å². The molecule has 0 bridgehead atoms. The van der Waals surface area contributed by atoms with Gasteiger partial charge in [0.15, 0.2) is 0 Å². The number of amides is 1. The summed E-state index contributed by atoms with van der Waals surface area (Å²) in [6.45, 7) is 0. The summed E-state index contributed by atoms with van der Waals surface area (Å²) in [6.07, 6.45) is 0.985. The van der Waals surface area contributed by atoms with E-state index in [1.165, 1.54) is 5.56 Å². The molecular weight excluding hydrogens is 272 g/mol. The average molecular weight is 287 g/mol. The summed E-state index contributed by atoms with van der Waals surface area (Å²) in [5.74, 6) is 0.321. The molecule has 2 unspecified atom stereocenters. The summed E-state index contributed by atoms with van der Waals surface area (Å²) >= 11 is 5.85. The fourth-order valence-corrected chi connectivity index (χ4v) is 2.48. The van der Waals surface area contributed by atoms with Crippen molar-refractivity contribution >= 4 is 23.2 Å². The Labute approximate surface area is 122 Å². The number of anilines is 1. The van der Waals surface area contributed by atoms with E-state index in [0.717, 1.165) is 6.42 Å². The van der Waals surface area contributed by atoms with Crippen molar-refractivity contribution in [2.45, 2.75) is 18.4 Å². The maximum Gasteiger partial charge on any atom is 0.251 e. The minimum Gasteiger partial charge on any atom is -0.398 e. The zero-order valence-electron chi connectivity index (χ0n) is 10.8. The Morgan fingerprint density at radius 2 is 1.95 bits per heavy atom. The van der Waals surface area contributed by atoms with Gasteiger partial charge in [0.05, 0.1) is 10.7 Å². The van der Waals surface area contributed by atoms with Gasteiger partial charge in [-0.3, -0.25) is 4.79 Å². The molecular formula is C16H15ClN2O. The second-order valence-corrected chi connectivity index (χ2v) is 5.48. The Kier molecular flexibility index (Phi) is 3.36. The third kappa shape index (κ3) is 2.63. The molecule has 2 aromatic carbocycles. The van der Waals surface area contributed by atoms with Gasteiger partial charge in [0.2, 0.25) is 0 Å². The van der Waals surface area contributed by atoms with Crippen LogP contribution in [0.1, 0.15) is 28.3 Å². The first kappa shape index (κ1) is 13.0. The van der Waals surface area contributed by atoms with Gasteiger partial charge in [-0.2, -0.15) is 0 Å². The zero-order valence-corrected chi connectivity index (χ0v) is 11.6. The molecule has 2 aromatic rings. The molecule has 0 radical (unpaired) electrons. The van der Waals surface area contributed by atoms with Crippen LogP contribution in [0.2, 0.25) is 5.02 Å². The number of hydrogen-bond acceptors (Lipinski definition) is 2. The van der Waals surface area contributed by atoms with E-state index in [0.29, 0.717) is 22.2 Å². The molecule has 0 heterocycles. The summed E-state index contributed by atoms with van der Waals surface area (Å²) in [7, 11) is 0. The summed E-state index contributed by atoms with van der Waals surface area (Å²) in [6, 6.07) is 15.4. The Hall–Kier alpha value is -2.00. The molecule has 1 aliphatic rings. The first-order valence-electron chi connectivity index (χ1n) is 6.56. The molecule has 1 fully saturated rings. The monoisotopic (exact) mass is 286 g/mol. The summed E-state index contributed by atoms with van der Waals surface area (Å²) < 4.78 is 0. The highest BCUT2D eigenvalue weighted by Crippen LogP contribution is 2.40. The molecule has 0 aliphatic heterocycles. The summed E-state index contributed by atoms with van der Waals surface area (Å²) in [5, 5.41) is 3.50. The molecule has 3 nitrogen and oxygen atoms in total. The lowest BCUT2D eigenvalue weighted by Crippen LogP contribution is -2.26. The van der Waals surface area contributed by atoms with Gasteiger partial charge < -0.3 is 11.1 Å². The van der Waals surface area contributed by atoms with Crippen molar-refractivity contribution in [3.8, 4) is 0 Å². The molecule has 2 atom stereocenters. The number of halogens is 1. The first-order valence-corrected chi connectivity index (χ1v) is 6.94. The van der Waals surface area contributed by atoms with Crippen molar-refractivity contribution in [2.24, 2.45) is 0 Å². The standard InChI is InChI=1S/C16H15ClN2O/c17-13-7-6-11(8-14(13)18)16(20)19-15-9-12(15)10-4-2-1-3-5-10/h1-8,12,15H,9,18H2,(H,19,20). The van der Waals surface area contributed by atoms with Crippen molar-refractivity contribution in [1.29, 1.82) is 0 Å². The van der Waals surface area contributed by atoms with E-state index in [9.17, 15) is 4.79 Å². The Morgan fingerprint density at radius 3 is 2.65 bits per heavy atom. The van der Waals surface area contributed by atoms with Gasteiger partial charge in [-0.15, -0.1) is 0 Å². The van der Waals surface area contributed by atoms with Gasteiger partial charge >= 0.3 is 0 Å². The molecule has 3 N–H and O–H groups in total. The first-order chi connectivity index (χ1) is 9.65. The average Bonchev–Trinajstić information content (AvgIpc) is 3.22. The lowest BCUT2D eigenvalue weighted by atomic mass is 10.1. The van der Waals surface area contributed by atoms with Crippen LogP contribution in [0, 0.1) is 0 Å². The normalized spacial score (nSPS) is 20.4. The number of benzene rings is 2. The number of carbonyl (C=O) groups excluding carboxylic acids is 1. The van der Waals surface area contributed by atoms with E-state index in [1.807, 2.05) is 18.2 Å². The minimum absolute atomic E-state index is 0.100. The van der Waals surface area contributed by atoms with E-state index >= 15 is 0 Å². The molecule has 3 rings (SSSR count). The molecule has 0 aromatic heterocycles. The number of nitrogens with one attached hydrogen (secondary N) is 1. The van der Waals surface area contributed by atoms with Crippen LogP contribution in [0.15, 0.2) is 48.5 Å². The van der Waals surface area contributed by atoms with E-state index in [2.05, 4.69) is 17.4 Å². The lowest BCUT2D eigenvalue weighted by Gasteiger charge is -2.06. The lowest BCUT2D eigenvalue weighted by molar-refractivity contribution is 0.0950. The molecule has 102 valence electrons. The van der Waals surface area contributed by atoms with Crippen LogP contribution in [-0.2, 0) is 0 Å². The van der Waals surface area contributed by atoms with Gasteiger partial charge in [0.25, 0.3) is 5.91 Å². The van der Waals surface area contributed by atoms with Gasteiger partial charge in [-0.05, 0) is 30.2 Å². The van der Waals surface area contributed by atoms with Crippen LogP contribution >= 0.6 is 11.6 Å². The number of nitrogens with two attached hydrogens (primary N) is 1. The predicted octanol–water partition coefficient (Wildman–Crippen LogP) is 3.21. The number of carbonyl (C=O) groups is 1. The predicted molar refractivity (Wildman–Crippen MR) is 80.9 cm³/mol. The molecule has 4 heteroatoms. The van der Waals surface area contributed by atoms with Gasteiger partial charge in [-0.25, -0.2) is 0 Å². The molecule has 1 amide bonds. The molecule has 1 saturated carbocycles. The van der Waals surface area contributed by atoms with E-state index in [-0.39, 0.29) is 11.9 Å². The quantitative estimate of drug-likeness (QED) is 0.851. The van der Waals surface area contributed by atoms with Crippen LogP contribution in [-0.4, -0.2) is 11.9 Å². The molecule has 0 saturated heterocycles. The second kappa shape index (κ2) is 5.17. The summed E-state index contributed by atoms with van der Waals surface area (Å²) in [5.41, 5.74) is 7.96. The number of hydrogen-bond donors (Lipinski definition) is 2. The van der Waals surface area contributed by atoms with Crippen molar-refractivity contribution in [2.75, 3.05) is 5.73 Å². The van der Waals surface area contributed by atoms with Crippen LogP contribution in [0.25, 0.3) is 0 Å². The van der Waals surface area contributed by atoms with E-state index < -0.39 is 0 Å². The van der Waals surface area contributed by atoms with Crippen LogP contribution < -0.4 is 11.1 Å². The molecule has 1 aliphatic carbocycles. The summed E-state index contributed by atoms with van der Waals surface area (Å²) in [4.78, 5) is 12.1. The molecule has 20 heavy (non-hydrogen) atoms. The van der Waals surface area contributed by atoms with Crippen LogP contribution in [0.3, 0.4) is 0 Å². The van der Waals surface area contributed by atoms with Gasteiger partial charge in [0.1, 0.15) is 0 Å². The highest BCUT2D eigenvalue weighted by atomic mass is 35.5. The third-order valence-corrected chi connectivity index (χ3v) is 3.94. The number of rotatable bonds is 3. The number of nitrogen functional groups attached to an aromatic ring is 1. The maximum atomic E-state index is 12.1. The largest absolute Gasteiger partial charge is 0.398 e. The Balaban J connectivity index is 1.65. The van der Waals surface area contributed by atoms with E-state index in [4.69, 9.17) is 17.3 Å². The Morgan fingerprint density at radius 1 is 1.20 bits per heavy atom. The third-order valence-electron chi connectivity index (χ3n) is 3.59. The molecule has 0 spiro atoms. The smallest absolute Gasteiger partial charge is 0.251 e.